The standard InChI is InChI=1S/C13H17N3S/c1-9-5-4-6-15-12(9)7-14-8-13-16-10(2)11(3)17-13/h4-6,14H,7-8H2,1-3H3. The van der Waals surface area contributed by atoms with Gasteiger partial charge in [0.25, 0.3) is 0 Å². The SMILES string of the molecule is Cc1cccnc1CNCc1nc(C)c(C)s1. The molecule has 0 fully saturated rings. The Morgan fingerprint density at radius 1 is 1.24 bits per heavy atom. The van der Waals surface area contributed by atoms with Gasteiger partial charge in [-0.25, -0.2) is 4.98 Å². The summed E-state index contributed by atoms with van der Waals surface area (Å²) in [5.41, 5.74) is 3.48. The van der Waals surface area contributed by atoms with E-state index in [0.717, 1.165) is 29.5 Å². The molecule has 0 radical (unpaired) electrons. The van der Waals surface area contributed by atoms with Crippen molar-refractivity contribution in [1.82, 2.24) is 15.3 Å². The van der Waals surface area contributed by atoms with Gasteiger partial charge in [-0.15, -0.1) is 11.3 Å². The summed E-state index contributed by atoms with van der Waals surface area (Å²) in [6, 6.07) is 4.05. The molecule has 0 aliphatic carbocycles. The maximum atomic E-state index is 4.50. The zero-order valence-corrected chi connectivity index (χ0v) is 11.3. The molecule has 0 amide bonds. The van der Waals surface area contributed by atoms with Gasteiger partial charge < -0.3 is 5.32 Å². The number of hydrogen-bond acceptors (Lipinski definition) is 4. The highest BCUT2D eigenvalue weighted by molar-refractivity contribution is 7.11. The molecule has 0 spiro atoms. The normalized spacial score (nSPS) is 10.8. The fraction of sp³-hybridized carbons (Fsp3) is 0.385. The highest BCUT2D eigenvalue weighted by atomic mass is 32.1. The highest BCUT2D eigenvalue weighted by Crippen LogP contribution is 2.16. The molecule has 2 heterocycles. The summed E-state index contributed by atoms with van der Waals surface area (Å²) in [5, 5.41) is 4.53. The minimum atomic E-state index is 0.796. The Hall–Kier alpha value is -1.26. The van der Waals surface area contributed by atoms with Crippen molar-refractivity contribution in [2.24, 2.45) is 0 Å². The van der Waals surface area contributed by atoms with E-state index in [9.17, 15) is 0 Å². The first-order valence-electron chi connectivity index (χ1n) is 5.71. The molecule has 1 N–H and O–H groups in total. The van der Waals surface area contributed by atoms with Gasteiger partial charge in [0.2, 0.25) is 0 Å². The van der Waals surface area contributed by atoms with Gasteiger partial charge in [0.15, 0.2) is 0 Å². The van der Waals surface area contributed by atoms with Crippen LogP contribution in [0.1, 0.15) is 26.8 Å². The minimum Gasteiger partial charge on any atom is -0.305 e. The summed E-state index contributed by atoms with van der Waals surface area (Å²) in [6.45, 7) is 7.86. The van der Waals surface area contributed by atoms with E-state index in [2.05, 4.69) is 42.1 Å². The predicted octanol–water partition coefficient (Wildman–Crippen LogP) is 2.75. The molecule has 3 nitrogen and oxygen atoms in total. The van der Waals surface area contributed by atoms with Gasteiger partial charge in [0.1, 0.15) is 5.01 Å². The molecule has 2 aromatic heterocycles. The lowest BCUT2D eigenvalue weighted by Crippen LogP contribution is -2.14. The maximum Gasteiger partial charge on any atom is 0.107 e. The number of pyridine rings is 1. The third kappa shape index (κ3) is 3.11. The number of nitrogens with zero attached hydrogens (tertiary/aromatic N) is 2. The van der Waals surface area contributed by atoms with Crippen molar-refractivity contribution < 1.29 is 0 Å². The average molecular weight is 247 g/mol. The predicted molar refractivity (Wildman–Crippen MR) is 71.1 cm³/mol. The van der Waals surface area contributed by atoms with E-state index < -0.39 is 0 Å². The van der Waals surface area contributed by atoms with Crippen LogP contribution in [0.4, 0.5) is 0 Å². The van der Waals surface area contributed by atoms with E-state index in [-0.39, 0.29) is 0 Å². The topological polar surface area (TPSA) is 37.8 Å². The number of aromatic nitrogens is 2. The summed E-state index contributed by atoms with van der Waals surface area (Å²) >= 11 is 1.76. The lowest BCUT2D eigenvalue weighted by atomic mass is 10.2. The molecule has 0 aromatic carbocycles. The zero-order chi connectivity index (χ0) is 12.3. The average Bonchev–Trinajstić information content (AvgIpc) is 2.61. The van der Waals surface area contributed by atoms with Gasteiger partial charge in [-0.3, -0.25) is 4.98 Å². The van der Waals surface area contributed by atoms with E-state index in [1.165, 1.54) is 10.4 Å². The fourth-order valence-electron chi connectivity index (χ4n) is 1.61. The van der Waals surface area contributed by atoms with Crippen LogP contribution in [0, 0.1) is 20.8 Å². The third-order valence-electron chi connectivity index (χ3n) is 2.76. The molecule has 0 aliphatic rings. The monoisotopic (exact) mass is 247 g/mol. The van der Waals surface area contributed by atoms with E-state index in [1.807, 2.05) is 12.3 Å². The summed E-state index contributed by atoms with van der Waals surface area (Å²) < 4.78 is 0. The van der Waals surface area contributed by atoms with Crippen molar-refractivity contribution in [1.29, 1.82) is 0 Å². The van der Waals surface area contributed by atoms with Crippen molar-refractivity contribution in [2.75, 3.05) is 0 Å². The largest absolute Gasteiger partial charge is 0.305 e. The summed E-state index contributed by atoms with van der Waals surface area (Å²) in [5.74, 6) is 0. The second-order valence-corrected chi connectivity index (χ2v) is 5.41. The van der Waals surface area contributed by atoms with Gasteiger partial charge >= 0.3 is 0 Å². The van der Waals surface area contributed by atoms with Crippen LogP contribution in [-0.4, -0.2) is 9.97 Å². The molecule has 0 aliphatic heterocycles. The number of nitrogens with one attached hydrogen (secondary N) is 1. The zero-order valence-electron chi connectivity index (χ0n) is 10.4. The maximum absolute atomic E-state index is 4.50. The van der Waals surface area contributed by atoms with Crippen molar-refractivity contribution >= 4 is 11.3 Å². The van der Waals surface area contributed by atoms with Crippen LogP contribution in [0.2, 0.25) is 0 Å². The first kappa shape index (κ1) is 12.2. The lowest BCUT2D eigenvalue weighted by molar-refractivity contribution is 0.672. The second kappa shape index (κ2) is 5.38. The molecule has 0 saturated carbocycles. The van der Waals surface area contributed by atoms with Crippen LogP contribution in [0.15, 0.2) is 18.3 Å². The van der Waals surface area contributed by atoms with Crippen molar-refractivity contribution in [3.8, 4) is 0 Å². The molecule has 0 bridgehead atoms. The smallest absolute Gasteiger partial charge is 0.107 e. The van der Waals surface area contributed by atoms with Crippen molar-refractivity contribution in [3.63, 3.8) is 0 Å². The third-order valence-corrected chi connectivity index (χ3v) is 3.83. The van der Waals surface area contributed by atoms with E-state index in [4.69, 9.17) is 0 Å². The van der Waals surface area contributed by atoms with E-state index in [0.29, 0.717) is 0 Å². The Labute approximate surface area is 106 Å². The summed E-state index contributed by atoms with van der Waals surface area (Å²) in [6.07, 6.45) is 1.84. The molecular weight excluding hydrogens is 230 g/mol. The van der Waals surface area contributed by atoms with E-state index >= 15 is 0 Å². The lowest BCUT2D eigenvalue weighted by Gasteiger charge is -2.04. The molecule has 0 atom stereocenters. The molecule has 2 rings (SSSR count). The Morgan fingerprint density at radius 2 is 2.06 bits per heavy atom. The number of aryl methyl sites for hydroxylation is 3. The van der Waals surface area contributed by atoms with Crippen LogP contribution < -0.4 is 5.32 Å². The molecular formula is C13H17N3S. The summed E-state index contributed by atoms with van der Waals surface area (Å²) in [4.78, 5) is 10.2. The Bertz CT molecular complexity index is 486. The first-order valence-corrected chi connectivity index (χ1v) is 6.52. The van der Waals surface area contributed by atoms with Crippen LogP contribution in [0.5, 0.6) is 0 Å². The van der Waals surface area contributed by atoms with Gasteiger partial charge in [0, 0.05) is 24.2 Å². The van der Waals surface area contributed by atoms with Crippen LogP contribution in [-0.2, 0) is 13.1 Å². The molecule has 0 saturated heterocycles. The Kier molecular flexibility index (Phi) is 3.86. The molecule has 4 heteroatoms. The highest BCUT2D eigenvalue weighted by Gasteiger charge is 2.03. The van der Waals surface area contributed by atoms with Crippen LogP contribution in [0.3, 0.4) is 0 Å². The first-order chi connectivity index (χ1) is 8.16. The van der Waals surface area contributed by atoms with Crippen LogP contribution in [0.25, 0.3) is 0 Å². The molecule has 2 aromatic rings. The van der Waals surface area contributed by atoms with Gasteiger partial charge in [-0.2, -0.15) is 0 Å². The quantitative estimate of drug-likeness (QED) is 0.902. The van der Waals surface area contributed by atoms with Crippen molar-refractivity contribution in [3.05, 3.63) is 45.2 Å². The van der Waals surface area contributed by atoms with Gasteiger partial charge in [0.05, 0.1) is 11.4 Å². The van der Waals surface area contributed by atoms with Crippen LogP contribution >= 0.6 is 11.3 Å². The molecule has 17 heavy (non-hydrogen) atoms. The second-order valence-electron chi connectivity index (χ2n) is 4.12. The van der Waals surface area contributed by atoms with E-state index in [1.54, 1.807) is 11.3 Å². The number of hydrogen-bond donors (Lipinski definition) is 1. The Morgan fingerprint density at radius 3 is 2.71 bits per heavy atom. The number of thiazole rings is 1. The fourth-order valence-corrected chi connectivity index (χ4v) is 2.51. The van der Waals surface area contributed by atoms with Gasteiger partial charge in [-0.1, -0.05) is 6.07 Å². The Balaban J connectivity index is 1.90. The molecule has 0 unspecified atom stereocenters. The molecule has 90 valence electrons. The number of rotatable bonds is 4. The minimum absolute atomic E-state index is 0.796. The van der Waals surface area contributed by atoms with Gasteiger partial charge in [-0.05, 0) is 32.4 Å². The van der Waals surface area contributed by atoms with Crippen molar-refractivity contribution in [2.45, 2.75) is 33.9 Å². The summed E-state index contributed by atoms with van der Waals surface area (Å²) in [7, 11) is 0.